The summed E-state index contributed by atoms with van der Waals surface area (Å²) in [6.07, 6.45) is 4.35. The van der Waals surface area contributed by atoms with Crippen molar-refractivity contribution < 1.29 is 5.11 Å². The van der Waals surface area contributed by atoms with Gasteiger partial charge in [-0.2, -0.15) is 0 Å². The molecule has 1 aromatic rings. The van der Waals surface area contributed by atoms with E-state index in [-0.39, 0.29) is 12.6 Å². The van der Waals surface area contributed by atoms with Crippen LogP contribution in [-0.4, -0.2) is 35.8 Å². The molecule has 1 fully saturated rings. The zero-order chi connectivity index (χ0) is 12.3. The number of aliphatic hydroxyl groups excluding tert-OH is 1. The van der Waals surface area contributed by atoms with Crippen molar-refractivity contribution in [3.8, 4) is 0 Å². The number of halogens is 1. The Labute approximate surface area is 110 Å². The number of thiazole rings is 1. The fourth-order valence-electron chi connectivity index (χ4n) is 1.97. The van der Waals surface area contributed by atoms with E-state index in [9.17, 15) is 0 Å². The van der Waals surface area contributed by atoms with Crippen LogP contribution in [0.3, 0.4) is 0 Å². The van der Waals surface area contributed by atoms with E-state index in [1.165, 1.54) is 19.3 Å². The molecule has 1 unspecified atom stereocenters. The Bertz CT molecular complexity index is 366. The van der Waals surface area contributed by atoms with Crippen molar-refractivity contribution in [3.63, 3.8) is 0 Å². The summed E-state index contributed by atoms with van der Waals surface area (Å²) in [6, 6.07) is -0.248. The Morgan fingerprint density at radius 1 is 1.41 bits per heavy atom. The number of anilines is 1. The number of nitrogens with zero attached hydrogens (tertiary/aromatic N) is 2. The van der Waals surface area contributed by atoms with Gasteiger partial charge in [-0.15, -0.1) is 11.3 Å². The number of rotatable bonds is 4. The molecule has 1 atom stereocenters. The van der Waals surface area contributed by atoms with E-state index >= 15 is 0 Å². The Hall–Kier alpha value is -0.360. The highest BCUT2D eigenvalue weighted by molar-refractivity contribution is 7.16. The van der Waals surface area contributed by atoms with Crippen molar-refractivity contribution >= 4 is 28.1 Å². The molecular weight excluding hydrogens is 258 g/mol. The quantitative estimate of drug-likeness (QED) is 0.877. The maximum absolute atomic E-state index is 8.95. The van der Waals surface area contributed by atoms with Crippen LogP contribution >= 0.6 is 22.9 Å². The number of hydrogen-bond acceptors (Lipinski definition) is 5. The highest BCUT2D eigenvalue weighted by Crippen LogP contribution is 2.31. The highest BCUT2D eigenvalue weighted by atomic mass is 35.5. The van der Waals surface area contributed by atoms with Gasteiger partial charge in [-0.1, -0.05) is 11.6 Å². The third-order valence-electron chi connectivity index (χ3n) is 2.95. The number of aliphatic hydroxyl groups is 1. The fraction of sp³-hybridized carbons (Fsp3) is 0.727. The van der Waals surface area contributed by atoms with Crippen molar-refractivity contribution in [1.29, 1.82) is 0 Å². The monoisotopic (exact) mass is 275 g/mol. The zero-order valence-corrected chi connectivity index (χ0v) is 11.3. The summed E-state index contributed by atoms with van der Waals surface area (Å²) < 4.78 is 0. The van der Waals surface area contributed by atoms with Gasteiger partial charge in [0.15, 0.2) is 5.13 Å². The van der Waals surface area contributed by atoms with E-state index in [2.05, 4.69) is 9.88 Å². The Morgan fingerprint density at radius 3 is 2.76 bits per heavy atom. The first-order valence-electron chi connectivity index (χ1n) is 5.97. The molecular formula is C11H18ClN3OS. The minimum atomic E-state index is -0.248. The average Bonchev–Trinajstić information content (AvgIpc) is 2.72. The Balaban J connectivity index is 2.06. The predicted molar refractivity (Wildman–Crippen MR) is 72.0 cm³/mol. The first-order valence-corrected chi connectivity index (χ1v) is 7.16. The van der Waals surface area contributed by atoms with Gasteiger partial charge in [-0.25, -0.2) is 4.98 Å². The van der Waals surface area contributed by atoms with Crippen LogP contribution in [0.1, 0.15) is 24.1 Å². The molecule has 1 aliphatic rings. The molecule has 0 saturated carbocycles. The number of aromatic nitrogens is 1. The van der Waals surface area contributed by atoms with Crippen molar-refractivity contribution in [2.45, 2.75) is 31.7 Å². The third kappa shape index (κ3) is 3.31. The second-order valence-electron chi connectivity index (χ2n) is 4.40. The maximum atomic E-state index is 8.95. The lowest BCUT2D eigenvalue weighted by Gasteiger charge is -2.25. The summed E-state index contributed by atoms with van der Waals surface area (Å²) in [5.74, 6) is 0. The fourth-order valence-corrected chi connectivity index (χ4v) is 3.39. The molecule has 6 heteroatoms. The second-order valence-corrected chi connectivity index (χ2v) is 5.82. The first-order chi connectivity index (χ1) is 8.20. The van der Waals surface area contributed by atoms with Crippen molar-refractivity contribution in [1.82, 2.24) is 4.98 Å². The standard InChI is InChI=1S/C11H18ClN3OS/c12-10-9(6-8(13)7-16)17-11(14-10)15-4-2-1-3-5-15/h8,16H,1-7,13H2. The van der Waals surface area contributed by atoms with E-state index in [0.717, 1.165) is 23.1 Å². The van der Waals surface area contributed by atoms with Gasteiger partial charge in [0, 0.05) is 30.4 Å². The van der Waals surface area contributed by atoms with Crippen LogP contribution in [0.5, 0.6) is 0 Å². The first kappa shape index (κ1) is 13.1. The van der Waals surface area contributed by atoms with Crippen LogP contribution in [-0.2, 0) is 6.42 Å². The zero-order valence-electron chi connectivity index (χ0n) is 9.73. The number of hydrogen-bond donors (Lipinski definition) is 2. The lowest BCUT2D eigenvalue weighted by atomic mass is 10.1. The van der Waals surface area contributed by atoms with Crippen molar-refractivity contribution in [3.05, 3.63) is 10.0 Å². The Kier molecular flexibility index (Phi) is 4.62. The molecule has 0 radical (unpaired) electrons. The Morgan fingerprint density at radius 2 is 2.12 bits per heavy atom. The van der Waals surface area contributed by atoms with Crippen molar-refractivity contribution in [2.75, 3.05) is 24.6 Å². The van der Waals surface area contributed by atoms with Crippen LogP contribution in [0.25, 0.3) is 0 Å². The number of nitrogens with two attached hydrogens (primary N) is 1. The van der Waals surface area contributed by atoms with Gasteiger partial charge in [0.05, 0.1) is 6.61 Å². The van der Waals surface area contributed by atoms with Gasteiger partial charge >= 0.3 is 0 Å². The van der Waals surface area contributed by atoms with Gasteiger partial charge in [-0.3, -0.25) is 0 Å². The molecule has 2 rings (SSSR count). The third-order valence-corrected chi connectivity index (χ3v) is 4.51. The topological polar surface area (TPSA) is 62.4 Å². The molecule has 4 nitrogen and oxygen atoms in total. The minimum absolute atomic E-state index is 0.0206. The van der Waals surface area contributed by atoms with Crippen LogP contribution in [0, 0.1) is 0 Å². The summed E-state index contributed by atoms with van der Waals surface area (Å²) >= 11 is 7.70. The van der Waals surface area contributed by atoms with Crippen LogP contribution in [0.2, 0.25) is 5.15 Å². The van der Waals surface area contributed by atoms with Gasteiger partial charge in [0.1, 0.15) is 5.15 Å². The normalized spacial score (nSPS) is 18.4. The molecule has 2 heterocycles. The van der Waals surface area contributed by atoms with E-state index in [4.69, 9.17) is 22.4 Å². The van der Waals surface area contributed by atoms with Gasteiger partial charge in [0.25, 0.3) is 0 Å². The van der Waals surface area contributed by atoms with E-state index < -0.39 is 0 Å². The summed E-state index contributed by atoms with van der Waals surface area (Å²) in [5, 5.41) is 10.5. The molecule has 3 N–H and O–H groups in total. The molecule has 0 aromatic carbocycles. The average molecular weight is 276 g/mol. The van der Waals surface area contributed by atoms with Gasteiger partial charge in [-0.05, 0) is 19.3 Å². The predicted octanol–water partition coefficient (Wildman–Crippen LogP) is 1.65. The van der Waals surface area contributed by atoms with Gasteiger partial charge < -0.3 is 15.7 Å². The maximum Gasteiger partial charge on any atom is 0.187 e. The van der Waals surface area contributed by atoms with Crippen LogP contribution < -0.4 is 10.6 Å². The molecule has 1 saturated heterocycles. The summed E-state index contributed by atoms with van der Waals surface area (Å²) in [6.45, 7) is 2.11. The molecule has 1 aliphatic heterocycles. The molecule has 0 aliphatic carbocycles. The smallest absolute Gasteiger partial charge is 0.187 e. The minimum Gasteiger partial charge on any atom is -0.395 e. The molecule has 96 valence electrons. The summed E-state index contributed by atoms with van der Waals surface area (Å²) in [7, 11) is 0. The van der Waals surface area contributed by atoms with E-state index in [0.29, 0.717) is 11.6 Å². The molecule has 0 amide bonds. The molecule has 17 heavy (non-hydrogen) atoms. The molecule has 1 aromatic heterocycles. The van der Waals surface area contributed by atoms with Crippen LogP contribution in [0.15, 0.2) is 0 Å². The second kappa shape index (κ2) is 6.00. The summed E-state index contributed by atoms with van der Waals surface area (Å²) in [5.41, 5.74) is 5.72. The number of piperidine rings is 1. The van der Waals surface area contributed by atoms with E-state index in [1.54, 1.807) is 11.3 Å². The molecule has 0 bridgehead atoms. The van der Waals surface area contributed by atoms with E-state index in [1.807, 2.05) is 0 Å². The summed E-state index contributed by atoms with van der Waals surface area (Å²) in [4.78, 5) is 7.66. The van der Waals surface area contributed by atoms with Gasteiger partial charge in [0.2, 0.25) is 0 Å². The lowest BCUT2D eigenvalue weighted by molar-refractivity contribution is 0.265. The largest absolute Gasteiger partial charge is 0.395 e. The van der Waals surface area contributed by atoms with Crippen LogP contribution in [0.4, 0.5) is 5.13 Å². The molecule has 0 spiro atoms. The van der Waals surface area contributed by atoms with Crippen molar-refractivity contribution in [2.24, 2.45) is 5.73 Å². The lowest BCUT2D eigenvalue weighted by Crippen LogP contribution is -2.29. The SMILES string of the molecule is NC(CO)Cc1sc(N2CCCCC2)nc1Cl. The highest BCUT2D eigenvalue weighted by Gasteiger charge is 2.18.